The molecular formula is C33H36F2O8. The smallest absolute Gasteiger partial charge is 0.346 e. The Labute approximate surface area is 249 Å². The first-order valence-electron chi connectivity index (χ1n) is 13.6. The molecule has 0 aliphatic rings. The molecule has 3 rings (SSSR count). The summed E-state index contributed by atoms with van der Waals surface area (Å²) in [5.74, 6) is -2.41. The quantitative estimate of drug-likeness (QED) is 0.0963. The summed E-state index contributed by atoms with van der Waals surface area (Å²) in [6.07, 6.45) is -0.562. The fourth-order valence-electron chi connectivity index (χ4n) is 3.57. The number of carbonyl (C=O) groups excluding carboxylic acids is 2. The van der Waals surface area contributed by atoms with E-state index in [2.05, 4.69) is 6.58 Å². The van der Waals surface area contributed by atoms with Crippen LogP contribution in [-0.2, 0) is 9.53 Å². The topological polar surface area (TPSA) is 101 Å². The fraction of sp³-hybridized carbons (Fsp3) is 0.333. The zero-order valence-electron chi connectivity index (χ0n) is 25.0. The third-order valence-corrected chi connectivity index (χ3v) is 6.75. The van der Waals surface area contributed by atoms with Crippen LogP contribution in [0.4, 0.5) is 8.78 Å². The zero-order chi connectivity index (χ0) is 31.9. The van der Waals surface area contributed by atoms with Crippen LogP contribution in [-0.4, -0.2) is 34.4 Å². The second-order valence-corrected chi connectivity index (χ2v) is 10.9. The molecule has 3 aromatic rings. The average molecular weight is 599 g/mol. The number of aliphatic hydroxyl groups is 1. The summed E-state index contributed by atoms with van der Waals surface area (Å²) in [5, 5.41) is 10.5. The van der Waals surface area contributed by atoms with Gasteiger partial charge in [-0.05, 0) is 89.6 Å². The predicted molar refractivity (Wildman–Crippen MR) is 155 cm³/mol. The monoisotopic (exact) mass is 598 g/mol. The second kappa shape index (κ2) is 13.7. The van der Waals surface area contributed by atoms with E-state index in [1.54, 1.807) is 20.8 Å². The molecule has 0 saturated carbocycles. The summed E-state index contributed by atoms with van der Waals surface area (Å²) in [6.45, 7) is 14.0. The first-order valence-corrected chi connectivity index (χ1v) is 13.6. The van der Waals surface area contributed by atoms with Gasteiger partial charge in [0.25, 0.3) is 0 Å². The van der Waals surface area contributed by atoms with Crippen LogP contribution in [0.5, 0.6) is 23.0 Å². The van der Waals surface area contributed by atoms with Crippen LogP contribution < -0.4 is 18.9 Å². The Balaban J connectivity index is 1.60. The summed E-state index contributed by atoms with van der Waals surface area (Å²) in [6, 6.07) is 13.3. The van der Waals surface area contributed by atoms with Crippen LogP contribution in [0, 0.1) is 11.6 Å². The van der Waals surface area contributed by atoms with Crippen LogP contribution in [0.25, 0.3) is 0 Å². The molecule has 0 spiro atoms. The molecule has 0 heterocycles. The van der Waals surface area contributed by atoms with Crippen molar-refractivity contribution < 1.29 is 47.2 Å². The van der Waals surface area contributed by atoms with E-state index in [-0.39, 0.29) is 28.4 Å². The molecule has 2 unspecified atom stereocenters. The fourth-order valence-corrected chi connectivity index (χ4v) is 3.57. The van der Waals surface area contributed by atoms with Crippen molar-refractivity contribution in [3.8, 4) is 23.0 Å². The average Bonchev–Trinajstić information content (AvgIpc) is 2.93. The molecule has 43 heavy (non-hydrogen) atoms. The van der Waals surface area contributed by atoms with Crippen LogP contribution in [0.3, 0.4) is 0 Å². The maximum absolute atomic E-state index is 14.8. The standard InChI is InChI=1S/C33H36F2O8/c1-8-29(36)43-33(6,7)20(3)39-23-14-16-25(27(34)18-23)30(37)40-21-10-12-22(13-11-21)41-31(38)26-17-15-24(19-28(26)35)42-32(4,5)9-2/h8,10-20,30,37H,1,9H2,2-7H3. The SMILES string of the molecule is C=CC(=O)OC(C)(C)C(C)Oc1ccc(C(O)Oc2ccc(OC(=O)c3ccc(OC(C)(C)CC)cc3F)cc2)c(F)c1. The highest BCUT2D eigenvalue weighted by Crippen LogP contribution is 2.29. The van der Waals surface area contributed by atoms with Crippen molar-refractivity contribution in [2.24, 2.45) is 0 Å². The van der Waals surface area contributed by atoms with Gasteiger partial charge in [-0.2, -0.15) is 0 Å². The zero-order valence-corrected chi connectivity index (χ0v) is 25.0. The Morgan fingerprint density at radius 1 is 0.884 bits per heavy atom. The highest BCUT2D eigenvalue weighted by molar-refractivity contribution is 5.91. The number of hydrogen-bond acceptors (Lipinski definition) is 8. The van der Waals surface area contributed by atoms with E-state index in [1.165, 1.54) is 48.5 Å². The number of esters is 2. The summed E-state index contributed by atoms with van der Waals surface area (Å²) < 4.78 is 56.9. The van der Waals surface area contributed by atoms with Crippen LogP contribution in [0.15, 0.2) is 73.3 Å². The number of ether oxygens (including phenoxy) is 5. The van der Waals surface area contributed by atoms with Gasteiger partial charge in [-0.3, -0.25) is 0 Å². The maximum atomic E-state index is 14.8. The van der Waals surface area contributed by atoms with Crippen molar-refractivity contribution >= 4 is 11.9 Å². The maximum Gasteiger partial charge on any atom is 0.346 e. The van der Waals surface area contributed by atoms with Gasteiger partial charge in [-0.25, -0.2) is 18.4 Å². The molecule has 0 fully saturated rings. The Bertz CT molecular complexity index is 1450. The van der Waals surface area contributed by atoms with Gasteiger partial charge in [0, 0.05) is 18.2 Å². The van der Waals surface area contributed by atoms with Crippen molar-refractivity contribution in [1.82, 2.24) is 0 Å². The van der Waals surface area contributed by atoms with Gasteiger partial charge in [-0.15, -0.1) is 0 Å². The minimum atomic E-state index is -1.67. The molecule has 2 atom stereocenters. The predicted octanol–water partition coefficient (Wildman–Crippen LogP) is 7.10. The number of hydrogen-bond donors (Lipinski definition) is 1. The van der Waals surface area contributed by atoms with Crippen molar-refractivity contribution in [1.29, 1.82) is 0 Å². The molecule has 3 aromatic carbocycles. The Morgan fingerprint density at radius 3 is 2.05 bits per heavy atom. The van der Waals surface area contributed by atoms with E-state index in [4.69, 9.17) is 23.7 Å². The van der Waals surface area contributed by atoms with Crippen molar-refractivity contribution in [2.45, 2.75) is 71.6 Å². The molecule has 230 valence electrons. The molecule has 1 N–H and O–H groups in total. The van der Waals surface area contributed by atoms with Crippen LogP contribution >= 0.6 is 0 Å². The Hall–Kier alpha value is -4.44. The van der Waals surface area contributed by atoms with E-state index >= 15 is 0 Å². The molecule has 0 amide bonds. The first kappa shape index (κ1) is 33.1. The lowest BCUT2D eigenvalue weighted by atomic mass is 10.0. The lowest BCUT2D eigenvalue weighted by Gasteiger charge is -2.31. The molecule has 0 bridgehead atoms. The normalized spacial score (nSPS) is 13.0. The number of rotatable bonds is 13. The molecule has 0 saturated heterocycles. The third kappa shape index (κ3) is 9.02. The molecule has 0 radical (unpaired) electrons. The lowest BCUT2D eigenvalue weighted by Crippen LogP contribution is -2.42. The number of halogens is 2. The lowest BCUT2D eigenvalue weighted by molar-refractivity contribution is -0.158. The van der Waals surface area contributed by atoms with E-state index in [1.807, 2.05) is 20.8 Å². The molecular weight excluding hydrogens is 562 g/mol. The Kier molecular flexibility index (Phi) is 10.5. The number of carbonyl (C=O) groups is 2. The number of benzene rings is 3. The first-order chi connectivity index (χ1) is 20.1. The highest BCUT2D eigenvalue weighted by Gasteiger charge is 2.31. The van der Waals surface area contributed by atoms with Gasteiger partial charge in [0.05, 0.1) is 11.1 Å². The molecule has 0 aliphatic heterocycles. The number of aliphatic hydroxyl groups excluding tert-OH is 1. The molecule has 10 heteroatoms. The van der Waals surface area contributed by atoms with Crippen molar-refractivity contribution in [2.75, 3.05) is 0 Å². The van der Waals surface area contributed by atoms with Crippen molar-refractivity contribution in [3.05, 3.63) is 96.1 Å². The summed E-state index contributed by atoms with van der Waals surface area (Å²) >= 11 is 0. The molecule has 0 aromatic heterocycles. The minimum Gasteiger partial charge on any atom is -0.488 e. The van der Waals surface area contributed by atoms with E-state index in [0.29, 0.717) is 12.2 Å². The minimum absolute atomic E-state index is 0.0992. The summed E-state index contributed by atoms with van der Waals surface area (Å²) in [7, 11) is 0. The van der Waals surface area contributed by atoms with Gasteiger partial charge >= 0.3 is 11.9 Å². The van der Waals surface area contributed by atoms with Gasteiger partial charge in [0.2, 0.25) is 6.29 Å². The van der Waals surface area contributed by atoms with Gasteiger partial charge in [-0.1, -0.05) is 13.5 Å². The summed E-state index contributed by atoms with van der Waals surface area (Å²) in [4.78, 5) is 24.1. The molecule has 8 nitrogen and oxygen atoms in total. The van der Waals surface area contributed by atoms with Gasteiger partial charge < -0.3 is 28.8 Å². The molecule has 0 aliphatic carbocycles. The highest BCUT2D eigenvalue weighted by atomic mass is 19.1. The van der Waals surface area contributed by atoms with Crippen LogP contribution in [0.1, 0.15) is 70.2 Å². The largest absolute Gasteiger partial charge is 0.488 e. The third-order valence-electron chi connectivity index (χ3n) is 6.75. The van der Waals surface area contributed by atoms with Gasteiger partial charge in [0.1, 0.15) is 51.9 Å². The van der Waals surface area contributed by atoms with E-state index in [0.717, 1.165) is 18.2 Å². The van der Waals surface area contributed by atoms with E-state index in [9.17, 15) is 23.5 Å². The van der Waals surface area contributed by atoms with Crippen molar-refractivity contribution in [3.63, 3.8) is 0 Å². The summed E-state index contributed by atoms with van der Waals surface area (Å²) in [5.41, 5.74) is -1.94. The Morgan fingerprint density at radius 2 is 1.47 bits per heavy atom. The van der Waals surface area contributed by atoms with Gasteiger partial charge in [0.15, 0.2) is 0 Å². The van der Waals surface area contributed by atoms with E-state index < -0.39 is 47.2 Å². The van der Waals surface area contributed by atoms with Crippen LogP contribution in [0.2, 0.25) is 0 Å². The second-order valence-electron chi connectivity index (χ2n) is 10.9.